The summed E-state index contributed by atoms with van der Waals surface area (Å²) in [5.74, 6) is 0.542. The van der Waals surface area contributed by atoms with E-state index in [1.807, 2.05) is 32.9 Å². The number of rotatable bonds is 3. The summed E-state index contributed by atoms with van der Waals surface area (Å²) in [6.07, 6.45) is 0. The number of carbonyl (C=O) groups is 1. The van der Waals surface area contributed by atoms with Gasteiger partial charge in [0, 0.05) is 5.02 Å². The Kier molecular flexibility index (Phi) is 4.53. The Morgan fingerprint density at radius 2 is 1.71 bits per heavy atom. The molecule has 0 heterocycles. The maximum atomic E-state index is 12.4. The fourth-order valence-corrected chi connectivity index (χ4v) is 2.24. The second-order valence-electron chi connectivity index (χ2n) is 4.89. The molecule has 0 aliphatic rings. The van der Waals surface area contributed by atoms with Gasteiger partial charge in [-0.05, 0) is 55.7 Å². The average molecular weight is 305 g/mol. The monoisotopic (exact) mass is 304 g/mol. The summed E-state index contributed by atoms with van der Waals surface area (Å²) in [5, 5.41) is 0.459. The van der Waals surface area contributed by atoms with Gasteiger partial charge in [0.05, 0.1) is 7.11 Å². The first kappa shape index (κ1) is 15.4. The van der Waals surface area contributed by atoms with Gasteiger partial charge < -0.3 is 9.47 Å². The molecule has 2 aromatic rings. The van der Waals surface area contributed by atoms with E-state index < -0.39 is 5.97 Å². The smallest absolute Gasteiger partial charge is 0.347 e. The van der Waals surface area contributed by atoms with Crippen LogP contribution in [0.5, 0.6) is 11.5 Å². The molecule has 3 nitrogen and oxygen atoms in total. The van der Waals surface area contributed by atoms with Crippen LogP contribution < -0.4 is 9.47 Å². The van der Waals surface area contributed by atoms with Gasteiger partial charge >= 0.3 is 5.97 Å². The van der Waals surface area contributed by atoms with Crippen LogP contribution in [0.25, 0.3) is 0 Å². The van der Waals surface area contributed by atoms with Crippen molar-refractivity contribution in [3.63, 3.8) is 0 Å². The number of hydrogen-bond donors (Lipinski definition) is 0. The van der Waals surface area contributed by atoms with Gasteiger partial charge in [0.25, 0.3) is 0 Å². The Morgan fingerprint density at radius 3 is 2.38 bits per heavy atom. The molecule has 0 radical (unpaired) electrons. The fourth-order valence-electron chi connectivity index (χ4n) is 2.07. The summed E-state index contributed by atoms with van der Waals surface area (Å²) in [7, 11) is 1.50. The molecule has 0 amide bonds. The summed E-state index contributed by atoms with van der Waals surface area (Å²) in [6, 6.07) is 8.79. The Balaban J connectivity index is 2.39. The third-order valence-electron chi connectivity index (χ3n) is 3.45. The van der Waals surface area contributed by atoms with Crippen LogP contribution in [0.4, 0.5) is 0 Å². The van der Waals surface area contributed by atoms with Gasteiger partial charge in [-0.15, -0.1) is 0 Å². The van der Waals surface area contributed by atoms with E-state index in [1.54, 1.807) is 18.2 Å². The zero-order chi connectivity index (χ0) is 15.6. The Bertz CT molecular complexity index is 693. The molecule has 0 atom stereocenters. The molecule has 0 fully saturated rings. The van der Waals surface area contributed by atoms with Gasteiger partial charge in [0.2, 0.25) is 0 Å². The van der Waals surface area contributed by atoms with Crippen molar-refractivity contribution in [2.45, 2.75) is 20.8 Å². The molecule has 4 heteroatoms. The highest BCUT2D eigenvalue weighted by Crippen LogP contribution is 2.29. The lowest BCUT2D eigenvalue weighted by atomic mass is 10.1. The van der Waals surface area contributed by atoms with Crippen molar-refractivity contribution in [1.82, 2.24) is 0 Å². The van der Waals surface area contributed by atoms with E-state index in [0.29, 0.717) is 22.1 Å². The molecule has 2 rings (SSSR count). The maximum absolute atomic E-state index is 12.4. The second kappa shape index (κ2) is 6.19. The predicted molar refractivity (Wildman–Crippen MR) is 83.6 cm³/mol. The van der Waals surface area contributed by atoms with Crippen molar-refractivity contribution in [2.75, 3.05) is 7.11 Å². The molecule has 0 aliphatic heterocycles. The number of benzene rings is 2. The SMILES string of the molecule is COc1ccc(Cl)cc1C(=O)Oc1c(C)ccc(C)c1C. The molecule has 0 bridgehead atoms. The van der Waals surface area contributed by atoms with E-state index >= 15 is 0 Å². The van der Waals surface area contributed by atoms with E-state index in [4.69, 9.17) is 21.1 Å². The standard InChI is InChI=1S/C17H17ClO3/c1-10-5-6-11(2)16(12(10)3)21-17(19)14-9-13(18)7-8-15(14)20-4/h5-9H,1-4H3. The molecular formula is C17H17ClO3. The van der Waals surface area contributed by atoms with Crippen molar-refractivity contribution in [3.05, 3.63) is 57.6 Å². The van der Waals surface area contributed by atoms with E-state index in [0.717, 1.165) is 16.7 Å². The number of methoxy groups -OCH3 is 1. The lowest BCUT2D eigenvalue weighted by molar-refractivity contribution is 0.0728. The first-order valence-electron chi connectivity index (χ1n) is 6.56. The third-order valence-corrected chi connectivity index (χ3v) is 3.68. The van der Waals surface area contributed by atoms with Crippen LogP contribution in [0.1, 0.15) is 27.0 Å². The Labute approximate surface area is 129 Å². The Hall–Kier alpha value is -2.00. The van der Waals surface area contributed by atoms with Crippen LogP contribution in [-0.4, -0.2) is 13.1 Å². The summed E-state index contributed by atoms with van der Waals surface area (Å²) in [4.78, 5) is 12.4. The van der Waals surface area contributed by atoms with Crippen LogP contribution in [0.3, 0.4) is 0 Å². The highest BCUT2D eigenvalue weighted by Gasteiger charge is 2.18. The van der Waals surface area contributed by atoms with E-state index in [9.17, 15) is 4.79 Å². The minimum absolute atomic E-state index is 0.310. The molecule has 0 spiro atoms. The predicted octanol–water partition coefficient (Wildman–Crippen LogP) is 4.49. The Morgan fingerprint density at radius 1 is 1.05 bits per heavy atom. The molecule has 21 heavy (non-hydrogen) atoms. The fraction of sp³-hybridized carbons (Fsp3) is 0.235. The zero-order valence-electron chi connectivity index (χ0n) is 12.5. The van der Waals surface area contributed by atoms with E-state index in [2.05, 4.69) is 0 Å². The summed E-state index contributed by atoms with van der Waals surface area (Å²) < 4.78 is 10.7. The number of aryl methyl sites for hydroxylation is 2. The first-order valence-corrected chi connectivity index (χ1v) is 6.94. The number of hydrogen-bond acceptors (Lipinski definition) is 3. The third kappa shape index (κ3) is 3.19. The molecule has 0 aliphatic carbocycles. The van der Waals surface area contributed by atoms with Crippen molar-refractivity contribution in [3.8, 4) is 11.5 Å². The van der Waals surface area contributed by atoms with Crippen LogP contribution in [0.2, 0.25) is 5.02 Å². The van der Waals surface area contributed by atoms with Crippen LogP contribution >= 0.6 is 11.6 Å². The van der Waals surface area contributed by atoms with Crippen LogP contribution in [-0.2, 0) is 0 Å². The molecule has 0 saturated carbocycles. The molecule has 0 N–H and O–H groups in total. The van der Waals surface area contributed by atoms with Gasteiger partial charge in [0.1, 0.15) is 17.1 Å². The van der Waals surface area contributed by atoms with Crippen molar-refractivity contribution in [1.29, 1.82) is 0 Å². The minimum Gasteiger partial charge on any atom is -0.496 e. The molecule has 0 unspecified atom stereocenters. The molecule has 0 aromatic heterocycles. The number of ether oxygens (including phenoxy) is 2. The first-order chi connectivity index (χ1) is 9.93. The number of esters is 1. The lowest BCUT2D eigenvalue weighted by Gasteiger charge is -2.14. The number of carbonyl (C=O) groups excluding carboxylic acids is 1. The normalized spacial score (nSPS) is 10.3. The largest absolute Gasteiger partial charge is 0.496 e. The molecular weight excluding hydrogens is 288 g/mol. The van der Waals surface area contributed by atoms with Gasteiger partial charge in [0.15, 0.2) is 0 Å². The quantitative estimate of drug-likeness (QED) is 0.619. The highest BCUT2D eigenvalue weighted by molar-refractivity contribution is 6.31. The second-order valence-corrected chi connectivity index (χ2v) is 5.32. The minimum atomic E-state index is -0.480. The van der Waals surface area contributed by atoms with Gasteiger partial charge in [-0.2, -0.15) is 0 Å². The topological polar surface area (TPSA) is 35.5 Å². The highest BCUT2D eigenvalue weighted by atomic mass is 35.5. The summed E-state index contributed by atoms with van der Waals surface area (Å²) in [6.45, 7) is 5.82. The lowest BCUT2D eigenvalue weighted by Crippen LogP contribution is -2.12. The molecule has 0 saturated heterocycles. The van der Waals surface area contributed by atoms with E-state index in [1.165, 1.54) is 7.11 Å². The number of halogens is 1. The van der Waals surface area contributed by atoms with Crippen molar-refractivity contribution < 1.29 is 14.3 Å². The van der Waals surface area contributed by atoms with Gasteiger partial charge in [-0.25, -0.2) is 4.79 Å². The van der Waals surface area contributed by atoms with Gasteiger partial charge in [-0.1, -0.05) is 23.7 Å². The van der Waals surface area contributed by atoms with Crippen LogP contribution in [0.15, 0.2) is 30.3 Å². The zero-order valence-corrected chi connectivity index (χ0v) is 13.2. The summed E-state index contributed by atoms with van der Waals surface area (Å²) in [5.41, 5.74) is 3.24. The van der Waals surface area contributed by atoms with E-state index in [-0.39, 0.29) is 0 Å². The molecule has 110 valence electrons. The summed E-state index contributed by atoms with van der Waals surface area (Å²) >= 11 is 5.95. The maximum Gasteiger partial charge on any atom is 0.347 e. The van der Waals surface area contributed by atoms with Gasteiger partial charge in [-0.3, -0.25) is 0 Å². The van der Waals surface area contributed by atoms with Crippen molar-refractivity contribution in [2.24, 2.45) is 0 Å². The van der Waals surface area contributed by atoms with Crippen LogP contribution in [0, 0.1) is 20.8 Å². The average Bonchev–Trinajstić information content (AvgIpc) is 2.47. The molecule has 2 aromatic carbocycles. The van der Waals surface area contributed by atoms with Crippen molar-refractivity contribution >= 4 is 17.6 Å².